The highest BCUT2D eigenvalue weighted by molar-refractivity contribution is 5.63. The number of aromatic nitrogens is 2. The molecule has 0 bridgehead atoms. The Morgan fingerprint density at radius 1 is 1.28 bits per heavy atom. The van der Waals surface area contributed by atoms with Crippen molar-refractivity contribution in [1.82, 2.24) is 14.5 Å². The summed E-state index contributed by atoms with van der Waals surface area (Å²) >= 11 is 0. The van der Waals surface area contributed by atoms with Crippen LogP contribution in [0.15, 0.2) is 9.59 Å². The number of nitrogens with one attached hydrogen (secondary N) is 1. The summed E-state index contributed by atoms with van der Waals surface area (Å²) in [5.41, 5.74) is -3.04. The molecule has 1 aromatic rings. The number of rotatable bonds is 6. The van der Waals surface area contributed by atoms with Crippen LogP contribution in [0.25, 0.3) is 11.3 Å². The van der Waals surface area contributed by atoms with Gasteiger partial charge in [0.1, 0.15) is 11.8 Å². The summed E-state index contributed by atoms with van der Waals surface area (Å²) in [6, 6.07) is -1.54. The maximum Gasteiger partial charge on any atom is 0.329 e. The molecule has 3 N–H and O–H groups in total. The van der Waals surface area contributed by atoms with Gasteiger partial charge in [-0.25, -0.2) is 18.0 Å². The monoisotopic (exact) mass is 457 g/mol. The van der Waals surface area contributed by atoms with Gasteiger partial charge in [-0.2, -0.15) is 0 Å². The van der Waals surface area contributed by atoms with Crippen molar-refractivity contribution < 1.29 is 28.1 Å². The quantitative estimate of drug-likeness (QED) is 0.497. The highest BCUT2D eigenvalue weighted by Crippen LogP contribution is 2.58. The Balaban J connectivity index is 1.75. The fraction of sp³-hybridized carbons (Fsp3) is 0.714. The molecular formula is C21H26F3N3O5. The molecule has 1 aliphatic heterocycles. The van der Waals surface area contributed by atoms with E-state index in [1.165, 1.54) is 11.7 Å². The minimum atomic E-state index is -3.24. The average molecular weight is 457 g/mol. The van der Waals surface area contributed by atoms with Crippen LogP contribution in [-0.4, -0.2) is 76.2 Å². The fourth-order valence-corrected chi connectivity index (χ4v) is 5.71. The summed E-state index contributed by atoms with van der Waals surface area (Å²) in [6.07, 6.45) is -3.64. The van der Waals surface area contributed by atoms with Crippen LogP contribution in [0.5, 0.6) is 0 Å². The van der Waals surface area contributed by atoms with Gasteiger partial charge in [-0.15, -0.1) is 0 Å². The molecule has 11 heteroatoms. The topological polar surface area (TPSA) is 108 Å². The first-order valence-electron chi connectivity index (χ1n) is 10.9. The Bertz CT molecular complexity index is 1170. The van der Waals surface area contributed by atoms with E-state index in [0.717, 1.165) is 12.8 Å². The van der Waals surface area contributed by atoms with Crippen LogP contribution in [0.1, 0.15) is 31.7 Å². The second-order valence-electron chi connectivity index (χ2n) is 9.40. The average Bonchev–Trinajstić information content (AvgIpc) is 3.65. The van der Waals surface area contributed by atoms with E-state index in [1.54, 1.807) is 4.90 Å². The van der Waals surface area contributed by atoms with E-state index in [4.69, 9.17) is 4.74 Å². The zero-order valence-corrected chi connectivity index (χ0v) is 17.6. The Morgan fingerprint density at radius 3 is 2.50 bits per heavy atom. The molecule has 5 rings (SSSR count). The number of H-pyrrole nitrogens is 1. The van der Waals surface area contributed by atoms with Crippen LogP contribution >= 0.6 is 0 Å². The Labute approximate surface area is 180 Å². The van der Waals surface area contributed by atoms with Gasteiger partial charge in [0, 0.05) is 30.6 Å². The third-order valence-electron chi connectivity index (χ3n) is 7.55. The lowest BCUT2D eigenvalue weighted by atomic mass is 9.88. The van der Waals surface area contributed by atoms with Gasteiger partial charge in [-0.1, -0.05) is 0 Å². The number of halogens is 3. The molecule has 4 atom stereocenters. The summed E-state index contributed by atoms with van der Waals surface area (Å²) in [5.74, 6) is -0.360. The molecule has 3 fully saturated rings. The molecule has 4 unspecified atom stereocenters. The number of methoxy groups -OCH3 is 1. The fourth-order valence-electron chi connectivity index (χ4n) is 5.71. The molecule has 8 nitrogen and oxygen atoms in total. The van der Waals surface area contributed by atoms with E-state index in [0.29, 0.717) is 19.4 Å². The number of aromatic amines is 1. The van der Waals surface area contributed by atoms with Gasteiger partial charge in [0.2, 0.25) is 0 Å². The predicted molar refractivity (Wildman–Crippen MR) is 107 cm³/mol. The van der Waals surface area contributed by atoms with Gasteiger partial charge in [0.25, 0.3) is 12.0 Å². The summed E-state index contributed by atoms with van der Waals surface area (Å²) < 4.78 is 50.9. The normalized spacial score (nSPS) is 30.2. The van der Waals surface area contributed by atoms with Crippen LogP contribution < -0.4 is 21.8 Å². The molecule has 32 heavy (non-hydrogen) atoms. The molecule has 4 aliphatic rings. The third kappa shape index (κ3) is 3.08. The van der Waals surface area contributed by atoms with Crippen LogP contribution in [-0.2, 0) is 4.74 Å². The van der Waals surface area contributed by atoms with Gasteiger partial charge in [-0.05, 0) is 31.1 Å². The summed E-state index contributed by atoms with van der Waals surface area (Å²) in [7, 11) is 1.28. The molecule has 1 aromatic heterocycles. The number of likely N-dealkylation sites (tertiary alicyclic amines) is 1. The van der Waals surface area contributed by atoms with Gasteiger partial charge in [0.15, 0.2) is 6.17 Å². The first kappa shape index (κ1) is 21.7. The van der Waals surface area contributed by atoms with Crippen molar-refractivity contribution in [3.8, 4) is 0 Å². The van der Waals surface area contributed by atoms with E-state index >= 15 is 4.39 Å². The second-order valence-corrected chi connectivity index (χ2v) is 9.40. The highest BCUT2D eigenvalue weighted by Gasteiger charge is 2.59. The molecule has 0 amide bonds. The maximum absolute atomic E-state index is 15.8. The molecule has 1 spiro atoms. The minimum Gasteiger partial charge on any atom is -0.497 e. The third-order valence-corrected chi connectivity index (χ3v) is 7.55. The van der Waals surface area contributed by atoms with Crippen LogP contribution in [0, 0.1) is 11.3 Å². The molecular weight excluding hydrogens is 431 g/mol. The summed E-state index contributed by atoms with van der Waals surface area (Å²) in [5, 5.41) is 19.2. The Morgan fingerprint density at radius 2 is 1.97 bits per heavy atom. The van der Waals surface area contributed by atoms with E-state index in [2.05, 4.69) is 4.98 Å². The van der Waals surface area contributed by atoms with E-state index in [9.17, 15) is 28.6 Å². The zero-order valence-electron chi connectivity index (χ0n) is 17.6. The lowest BCUT2D eigenvalue weighted by molar-refractivity contribution is 0.0300. The van der Waals surface area contributed by atoms with Crippen molar-refractivity contribution in [2.75, 3.05) is 26.8 Å². The number of hydrogen-bond donors (Lipinski definition) is 3. The molecule has 0 radical (unpaired) electrons. The van der Waals surface area contributed by atoms with Crippen LogP contribution in [0.3, 0.4) is 0 Å². The second kappa shape index (κ2) is 7.46. The molecule has 2 saturated carbocycles. The van der Waals surface area contributed by atoms with Gasteiger partial charge < -0.3 is 14.9 Å². The number of aliphatic hydroxyl groups excluding tert-OH is 2. The Kier molecular flexibility index (Phi) is 5.06. The lowest BCUT2D eigenvalue weighted by Crippen LogP contribution is -2.63. The summed E-state index contributed by atoms with van der Waals surface area (Å²) in [4.78, 5) is 28.9. The van der Waals surface area contributed by atoms with Gasteiger partial charge in [0.05, 0.1) is 30.4 Å². The molecule has 176 valence electrons. The standard InChI is InChI=1S/C21H26F3N3O5/c1-32-17-15-13(19(30)25-20(31)27(15)9-2-3-9)12(18(23)24)14(22)16(17)26-6-10(11(29)7-28)21(8-26)4-5-21/h9-11,14,16,18,28-29H,2-8H2,1H3,(H,25,30,31). The number of aliphatic hydroxyl groups is 2. The van der Waals surface area contributed by atoms with Crippen LogP contribution in [0.2, 0.25) is 0 Å². The summed E-state index contributed by atoms with van der Waals surface area (Å²) in [6.45, 7) is 0.0798. The maximum atomic E-state index is 15.8. The minimum absolute atomic E-state index is 0.0260. The van der Waals surface area contributed by atoms with E-state index in [1.807, 2.05) is 0 Å². The Hall–Kier alpha value is -2.11. The molecule has 2 heterocycles. The van der Waals surface area contributed by atoms with Crippen molar-refractivity contribution in [1.29, 1.82) is 0 Å². The first-order chi connectivity index (χ1) is 15.2. The van der Waals surface area contributed by atoms with Crippen molar-refractivity contribution >= 4 is 11.3 Å². The highest BCUT2D eigenvalue weighted by atomic mass is 19.3. The van der Waals surface area contributed by atoms with Crippen molar-refractivity contribution in [3.05, 3.63) is 31.4 Å². The van der Waals surface area contributed by atoms with Crippen molar-refractivity contribution in [2.45, 2.75) is 56.5 Å². The number of alkyl halides is 3. The van der Waals surface area contributed by atoms with Crippen molar-refractivity contribution in [3.63, 3.8) is 0 Å². The predicted octanol–water partition coefficient (Wildman–Crippen LogP) is -1.17. The first-order valence-corrected chi connectivity index (χ1v) is 10.9. The number of hydrogen-bond acceptors (Lipinski definition) is 6. The van der Waals surface area contributed by atoms with E-state index in [-0.39, 0.29) is 35.0 Å². The largest absolute Gasteiger partial charge is 0.497 e. The molecule has 1 saturated heterocycles. The molecule has 3 aliphatic carbocycles. The lowest BCUT2D eigenvalue weighted by Gasteiger charge is -2.35. The van der Waals surface area contributed by atoms with Gasteiger partial charge in [-0.3, -0.25) is 19.2 Å². The van der Waals surface area contributed by atoms with Crippen molar-refractivity contribution in [2.24, 2.45) is 11.3 Å². The zero-order chi connectivity index (χ0) is 22.9. The van der Waals surface area contributed by atoms with E-state index < -0.39 is 53.4 Å². The van der Waals surface area contributed by atoms with Crippen LogP contribution in [0.4, 0.5) is 13.2 Å². The van der Waals surface area contributed by atoms with Gasteiger partial charge >= 0.3 is 5.69 Å². The number of nitrogens with zero attached hydrogens (tertiary/aromatic N) is 2. The smallest absolute Gasteiger partial charge is 0.329 e. The molecule has 0 aromatic carbocycles. The number of fused-ring (bicyclic) bond motifs is 1. The SMILES string of the molecule is COC1=c2c(c(=O)[nH]c(=O)n2C2CC2)=C(C(F)F)C(F)C1N1CC(C(O)CO)C2(CC2)C1. The number of ether oxygens (including phenoxy) is 1.